The standard InChI is InChI=1S/C24H26ClN3O3/c1-14(2)31-23-7-5-16(10-20(23)25)21-11-22(27-26-21)19-6-4-17-12-28(13-24(29)30)9-8-18(17)15(19)3/h4-7,10-11,14H,8-9,12-13H2,1-3H3,(H,26,27)(H,29,30). The molecule has 1 aliphatic rings. The molecule has 0 fully saturated rings. The summed E-state index contributed by atoms with van der Waals surface area (Å²) < 4.78 is 5.71. The van der Waals surface area contributed by atoms with Gasteiger partial charge in [0.1, 0.15) is 5.75 Å². The van der Waals surface area contributed by atoms with E-state index in [4.69, 9.17) is 21.4 Å². The fraction of sp³-hybridized carbons (Fsp3) is 0.333. The Bertz CT molecular complexity index is 1120. The molecule has 0 unspecified atom stereocenters. The van der Waals surface area contributed by atoms with E-state index in [1.54, 1.807) is 0 Å². The maximum absolute atomic E-state index is 11.0. The number of nitrogens with one attached hydrogen (secondary N) is 1. The van der Waals surface area contributed by atoms with Crippen molar-refractivity contribution in [2.24, 2.45) is 0 Å². The molecule has 6 nitrogen and oxygen atoms in total. The highest BCUT2D eigenvalue weighted by molar-refractivity contribution is 6.32. The number of aliphatic carboxylic acids is 1. The van der Waals surface area contributed by atoms with Gasteiger partial charge in [0.2, 0.25) is 0 Å². The van der Waals surface area contributed by atoms with Crippen molar-refractivity contribution in [1.82, 2.24) is 15.1 Å². The van der Waals surface area contributed by atoms with Gasteiger partial charge < -0.3 is 9.84 Å². The van der Waals surface area contributed by atoms with Crippen molar-refractivity contribution in [2.45, 2.75) is 39.8 Å². The molecule has 0 bridgehead atoms. The maximum Gasteiger partial charge on any atom is 0.317 e. The molecule has 0 atom stereocenters. The number of aromatic amines is 1. The lowest BCUT2D eigenvalue weighted by atomic mass is 9.90. The fourth-order valence-electron chi connectivity index (χ4n) is 4.13. The number of carboxylic acid groups (broad SMARTS) is 1. The first-order valence-corrected chi connectivity index (χ1v) is 10.8. The highest BCUT2D eigenvalue weighted by atomic mass is 35.5. The number of carboxylic acids is 1. The van der Waals surface area contributed by atoms with Crippen LogP contribution in [-0.4, -0.2) is 45.4 Å². The van der Waals surface area contributed by atoms with Crippen LogP contribution in [0.25, 0.3) is 22.5 Å². The Labute approximate surface area is 186 Å². The molecular weight excluding hydrogens is 414 g/mol. The van der Waals surface area contributed by atoms with Gasteiger partial charge in [-0.15, -0.1) is 0 Å². The number of hydrogen-bond donors (Lipinski definition) is 2. The minimum absolute atomic E-state index is 0.0588. The highest BCUT2D eigenvalue weighted by Gasteiger charge is 2.21. The number of halogens is 1. The molecule has 162 valence electrons. The number of benzene rings is 2. The first kappa shape index (κ1) is 21.4. The number of rotatable bonds is 6. The zero-order chi connectivity index (χ0) is 22.1. The van der Waals surface area contributed by atoms with E-state index >= 15 is 0 Å². The Kier molecular flexibility index (Phi) is 6.03. The summed E-state index contributed by atoms with van der Waals surface area (Å²) in [5.41, 5.74) is 7.49. The predicted molar refractivity (Wildman–Crippen MR) is 122 cm³/mol. The number of nitrogens with zero attached hydrogens (tertiary/aromatic N) is 2. The van der Waals surface area contributed by atoms with Crippen molar-refractivity contribution in [1.29, 1.82) is 0 Å². The van der Waals surface area contributed by atoms with E-state index in [0.29, 0.717) is 17.3 Å². The maximum atomic E-state index is 11.0. The van der Waals surface area contributed by atoms with Crippen LogP contribution >= 0.6 is 11.6 Å². The molecule has 3 aromatic rings. The smallest absolute Gasteiger partial charge is 0.317 e. The Hall–Kier alpha value is -2.83. The van der Waals surface area contributed by atoms with Gasteiger partial charge in [-0.25, -0.2) is 0 Å². The summed E-state index contributed by atoms with van der Waals surface area (Å²) in [4.78, 5) is 13.0. The third-order valence-electron chi connectivity index (χ3n) is 5.58. The van der Waals surface area contributed by atoms with Crippen molar-refractivity contribution in [2.75, 3.05) is 13.1 Å². The molecule has 2 heterocycles. The van der Waals surface area contributed by atoms with Crippen LogP contribution in [-0.2, 0) is 17.8 Å². The zero-order valence-corrected chi connectivity index (χ0v) is 18.7. The van der Waals surface area contributed by atoms with Gasteiger partial charge >= 0.3 is 5.97 Å². The lowest BCUT2D eigenvalue weighted by Gasteiger charge is -2.29. The van der Waals surface area contributed by atoms with Crippen LogP contribution < -0.4 is 4.74 Å². The summed E-state index contributed by atoms with van der Waals surface area (Å²) in [6, 6.07) is 11.9. The second-order valence-electron chi connectivity index (χ2n) is 8.21. The van der Waals surface area contributed by atoms with Crippen LogP contribution in [0.2, 0.25) is 5.02 Å². The third kappa shape index (κ3) is 4.60. The normalized spacial score (nSPS) is 14.0. The molecule has 1 aliphatic heterocycles. The van der Waals surface area contributed by atoms with Gasteiger partial charge in [0.15, 0.2) is 0 Å². The van der Waals surface area contributed by atoms with E-state index in [0.717, 1.165) is 35.5 Å². The number of aromatic nitrogens is 2. The lowest BCUT2D eigenvalue weighted by Crippen LogP contribution is -2.35. The molecule has 4 rings (SSSR count). The molecule has 2 N–H and O–H groups in total. The highest BCUT2D eigenvalue weighted by Crippen LogP contribution is 2.34. The van der Waals surface area contributed by atoms with E-state index in [2.05, 4.69) is 29.3 Å². The van der Waals surface area contributed by atoms with Crippen molar-refractivity contribution < 1.29 is 14.6 Å². The molecule has 0 amide bonds. The van der Waals surface area contributed by atoms with Crippen LogP contribution in [0, 0.1) is 6.92 Å². The van der Waals surface area contributed by atoms with Gasteiger partial charge in [0.25, 0.3) is 0 Å². The molecule has 0 spiro atoms. The van der Waals surface area contributed by atoms with Gasteiger partial charge in [0.05, 0.1) is 29.1 Å². The quantitative estimate of drug-likeness (QED) is 0.569. The molecule has 0 saturated carbocycles. The Morgan fingerprint density at radius 2 is 2.10 bits per heavy atom. The average molecular weight is 440 g/mol. The second-order valence-corrected chi connectivity index (χ2v) is 8.62. The summed E-state index contributed by atoms with van der Waals surface area (Å²) in [6.45, 7) is 7.55. The summed E-state index contributed by atoms with van der Waals surface area (Å²) in [7, 11) is 0. The summed E-state index contributed by atoms with van der Waals surface area (Å²) in [5, 5.41) is 17.3. The van der Waals surface area contributed by atoms with Gasteiger partial charge in [-0.2, -0.15) is 5.10 Å². The SMILES string of the molecule is Cc1c(-c2cc(-c3ccc(OC(C)C)c(Cl)c3)n[nH]2)ccc2c1CCN(CC(=O)O)C2. The van der Waals surface area contributed by atoms with Crippen molar-refractivity contribution in [3.63, 3.8) is 0 Å². The summed E-state index contributed by atoms with van der Waals surface area (Å²) >= 11 is 6.39. The monoisotopic (exact) mass is 439 g/mol. The number of fused-ring (bicyclic) bond motifs is 1. The molecule has 7 heteroatoms. The number of carbonyl (C=O) groups is 1. The first-order valence-electron chi connectivity index (χ1n) is 10.4. The molecule has 31 heavy (non-hydrogen) atoms. The predicted octanol–water partition coefficient (Wildman–Crippen LogP) is 4.94. The van der Waals surface area contributed by atoms with E-state index < -0.39 is 5.97 Å². The molecular formula is C24H26ClN3O3. The molecule has 0 saturated heterocycles. The van der Waals surface area contributed by atoms with E-state index in [9.17, 15) is 4.79 Å². The lowest BCUT2D eigenvalue weighted by molar-refractivity contribution is -0.138. The van der Waals surface area contributed by atoms with Gasteiger partial charge in [0, 0.05) is 24.2 Å². The first-order chi connectivity index (χ1) is 14.8. The Morgan fingerprint density at radius 3 is 2.81 bits per heavy atom. The minimum Gasteiger partial charge on any atom is -0.489 e. The molecule has 0 radical (unpaired) electrons. The van der Waals surface area contributed by atoms with Crippen LogP contribution in [0.3, 0.4) is 0 Å². The van der Waals surface area contributed by atoms with Crippen molar-refractivity contribution >= 4 is 17.6 Å². The molecule has 0 aliphatic carbocycles. The summed E-state index contributed by atoms with van der Waals surface area (Å²) in [5.74, 6) is -0.121. The topological polar surface area (TPSA) is 78.5 Å². The Morgan fingerprint density at radius 1 is 1.29 bits per heavy atom. The van der Waals surface area contributed by atoms with Crippen LogP contribution in [0.15, 0.2) is 36.4 Å². The number of hydrogen-bond acceptors (Lipinski definition) is 4. The van der Waals surface area contributed by atoms with E-state index in [1.165, 1.54) is 16.7 Å². The van der Waals surface area contributed by atoms with Gasteiger partial charge in [-0.05, 0) is 68.1 Å². The van der Waals surface area contributed by atoms with E-state index in [-0.39, 0.29) is 12.6 Å². The van der Waals surface area contributed by atoms with Gasteiger partial charge in [-0.3, -0.25) is 14.8 Å². The van der Waals surface area contributed by atoms with Crippen LogP contribution in [0.5, 0.6) is 5.75 Å². The average Bonchev–Trinajstić information content (AvgIpc) is 3.19. The molecule has 1 aromatic heterocycles. The number of ether oxygens (including phenoxy) is 1. The second kappa shape index (κ2) is 8.73. The van der Waals surface area contributed by atoms with Crippen molar-refractivity contribution in [3.8, 4) is 28.3 Å². The summed E-state index contributed by atoms with van der Waals surface area (Å²) in [6.07, 6.45) is 0.902. The van der Waals surface area contributed by atoms with Gasteiger partial charge in [-0.1, -0.05) is 23.7 Å². The van der Waals surface area contributed by atoms with Crippen LogP contribution in [0.1, 0.15) is 30.5 Å². The van der Waals surface area contributed by atoms with Crippen molar-refractivity contribution in [3.05, 3.63) is 58.1 Å². The zero-order valence-electron chi connectivity index (χ0n) is 17.9. The minimum atomic E-state index is -0.786. The third-order valence-corrected chi connectivity index (χ3v) is 5.88. The largest absolute Gasteiger partial charge is 0.489 e. The number of H-pyrrole nitrogens is 1. The van der Waals surface area contributed by atoms with E-state index in [1.807, 2.05) is 43.0 Å². The van der Waals surface area contributed by atoms with Crippen LogP contribution in [0.4, 0.5) is 0 Å². The molecule has 2 aromatic carbocycles. The Balaban J connectivity index is 1.59. The fourth-order valence-corrected chi connectivity index (χ4v) is 4.36.